The van der Waals surface area contributed by atoms with Crippen molar-refractivity contribution in [3.8, 4) is 5.75 Å². The minimum absolute atomic E-state index is 0.00430. The first kappa shape index (κ1) is 24.2. The van der Waals surface area contributed by atoms with E-state index in [4.69, 9.17) is 9.47 Å². The number of para-hydroxylation sites is 1. The van der Waals surface area contributed by atoms with Crippen molar-refractivity contribution in [1.29, 1.82) is 0 Å². The molecular weight excluding hydrogens is 416 g/mol. The first-order valence-electron chi connectivity index (χ1n) is 11.4. The number of ether oxygens (including phenoxy) is 2. The molecule has 0 spiro atoms. The molecular formula is C23H36N2O5S. The summed E-state index contributed by atoms with van der Waals surface area (Å²) in [6.45, 7) is 3.35. The van der Waals surface area contributed by atoms with Gasteiger partial charge in [-0.3, -0.25) is 4.79 Å². The van der Waals surface area contributed by atoms with E-state index >= 15 is 0 Å². The summed E-state index contributed by atoms with van der Waals surface area (Å²) < 4.78 is 38.2. The normalized spacial score (nSPS) is 28.1. The largest absolute Gasteiger partial charge is 0.483 e. The fourth-order valence-electron chi connectivity index (χ4n) is 4.62. The summed E-state index contributed by atoms with van der Waals surface area (Å²) in [5.74, 6) is 1.21. The second-order valence-electron chi connectivity index (χ2n) is 8.74. The van der Waals surface area contributed by atoms with Crippen LogP contribution in [0.3, 0.4) is 0 Å². The Bertz CT molecular complexity index is 808. The summed E-state index contributed by atoms with van der Waals surface area (Å²) in [6.07, 6.45) is 8.23. The van der Waals surface area contributed by atoms with E-state index in [1.54, 1.807) is 0 Å². The van der Waals surface area contributed by atoms with E-state index in [1.807, 2.05) is 25.1 Å². The van der Waals surface area contributed by atoms with Crippen LogP contribution in [0.15, 0.2) is 24.3 Å². The molecule has 8 heteroatoms. The Labute approximate surface area is 186 Å². The highest BCUT2D eigenvalue weighted by atomic mass is 32.2. The Morgan fingerprint density at radius 2 is 1.94 bits per heavy atom. The molecule has 3 rings (SSSR count). The summed E-state index contributed by atoms with van der Waals surface area (Å²) in [6, 6.07) is 7.91. The molecule has 1 saturated heterocycles. The number of carbonyl (C=O) groups is 1. The van der Waals surface area contributed by atoms with Gasteiger partial charge in [0.1, 0.15) is 5.75 Å². The van der Waals surface area contributed by atoms with Gasteiger partial charge in [0.05, 0.1) is 19.0 Å². The van der Waals surface area contributed by atoms with Gasteiger partial charge in [-0.15, -0.1) is 0 Å². The molecule has 1 heterocycles. The van der Waals surface area contributed by atoms with Crippen LogP contribution in [0.25, 0.3) is 0 Å². The zero-order chi connectivity index (χ0) is 22.3. The molecule has 3 atom stereocenters. The van der Waals surface area contributed by atoms with E-state index in [1.165, 1.54) is 11.8 Å². The highest BCUT2D eigenvalue weighted by molar-refractivity contribution is 7.88. The van der Waals surface area contributed by atoms with Gasteiger partial charge in [-0.2, -0.15) is 0 Å². The number of hydrogen-bond donors (Lipinski definition) is 2. The van der Waals surface area contributed by atoms with Crippen LogP contribution in [0.4, 0.5) is 0 Å². The van der Waals surface area contributed by atoms with Crippen LogP contribution >= 0.6 is 0 Å². The maximum absolute atomic E-state index is 11.6. The third-order valence-electron chi connectivity index (χ3n) is 6.33. The van der Waals surface area contributed by atoms with Crippen LogP contribution in [-0.4, -0.2) is 58.4 Å². The lowest BCUT2D eigenvalue weighted by molar-refractivity contribution is -0.113. The van der Waals surface area contributed by atoms with Crippen molar-refractivity contribution < 1.29 is 22.7 Å². The van der Waals surface area contributed by atoms with E-state index < -0.39 is 16.1 Å². The molecule has 1 aliphatic heterocycles. The number of rotatable bonds is 10. The SMILES string of the molecule is CC[C@H](C=O)Oc1ccccc1C1CCC(OC[C@@H]2NCCC[C@@H]2NS(C)(=O)=O)CC1. The molecule has 31 heavy (non-hydrogen) atoms. The molecule has 0 unspecified atom stereocenters. The van der Waals surface area contributed by atoms with Crippen molar-refractivity contribution in [3.05, 3.63) is 29.8 Å². The zero-order valence-corrected chi connectivity index (χ0v) is 19.4. The smallest absolute Gasteiger partial charge is 0.209 e. The summed E-state index contributed by atoms with van der Waals surface area (Å²) in [7, 11) is -3.23. The zero-order valence-electron chi connectivity index (χ0n) is 18.6. The number of nitrogens with one attached hydrogen (secondary N) is 2. The number of aldehydes is 1. The third kappa shape index (κ3) is 7.27. The van der Waals surface area contributed by atoms with Crippen LogP contribution in [-0.2, 0) is 19.6 Å². The number of piperidine rings is 1. The van der Waals surface area contributed by atoms with E-state index in [9.17, 15) is 13.2 Å². The quantitative estimate of drug-likeness (QED) is 0.530. The fraction of sp³-hybridized carbons (Fsp3) is 0.696. The Balaban J connectivity index is 1.51. The van der Waals surface area contributed by atoms with Gasteiger partial charge < -0.3 is 14.8 Å². The maximum Gasteiger partial charge on any atom is 0.209 e. The predicted molar refractivity (Wildman–Crippen MR) is 121 cm³/mol. The van der Waals surface area contributed by atoms with Crippen molar-refractivity contribution in [2.75, 3.05) is 19.4 Å². The van der Waals surface area contributed by atoms with E-state index in [0.717, 1.165) is 57.1 Å². The van der Waals surface area contributed by atoms with Crippen LogP contribution in [0.5, 0.6) is 5.75 Å². The van der Waals surface area contributed by atoms with Crippen molar-refractivity contribution in [2.24, 2.45) is 0 Å². The second kappa shape index (κ2) is 11.4. The lowest BCUT2D eigenvalue weighted by Gasteiger charge is -2.35. The minimum Gasteiger partial charge on any atom is -0.483 e. The highest BCUT2D eigenvalue weighted by Crippen LogP contribution is 2.38. The molecule has 7 nitrogen and oxygen atoms in total. The number of carbonyl (C=O) groups excluding carboxylic acids is 1. The van der Waals surface area contributed by atoms with Gasteiger partial charge in [-0.25, -0.2) is 13.1 Å². The molecule has 2 fully saturated rings. The Hall–Kier alpha value is -1.48. The van der Waals surface area contributed by atoms with Gasteiger partial charge in [-0.1, -0.05) is 25.1 Å². The van der Waals surface area contributed by atoms with Crippen molar-refractivity contribution in [1.82, 2.24) is 10.0 Å². The molecule has 174 valence electrons. The lowest BCUT2D eigenvalue weighted by atomic mass is 9.82. The van der Waals surface area contributed by atoms with E-state index in [-0.39, 0.29) is 18.2 Å². The van der Waals surface area contributed by atoms with Gasteiger partial charge in [0.2, 0.25) is 10.0 Å². The van der Waals surface area contributed by atoms with Gasteiger partial charge >= 0.3 is 0 Å². The second-order valence-corrected chi connectivity index (χ2v) is 10.5. The van der Waals surface area contributed by atoms with Gasteiger partial charge in [0.25, 0.3) is 0 Å². The predicted octanol–water partition coefficient (Wildman–Crippen LogP) is 2.76. The standard InChI is InChI=1S/C23H36N2O5S/c1-3-18(15-26)30-23-9-5-4-7-20(23)17-10-12-19(13-11-17)29-16-22-21(8-6-14-24-22)25-31(2,27)28/h4-5,7,9,15,17-19,21-22,24-25H,3,6,8,10-14,16H2,1-2H3/t17?,18-,19?,21+,22+/m1/s1. The average molecular weight is 453 g/mol. The van der Waals surface area contributed by atoms with Gasteiger partial charge in [0.15, 0.2) is 12.4 Å². The lowest BCUT2D eigenvalue weighted by Crippen LogP contribution is -2.55. The molecule has 1 saturated carbocycles. The average Bonchev–Trinajstić information content (AvgIpc) is 2.76. The van der Waals surface area contributed by atoms with Crippen LogP contribution in [0.1, 0.15) is 63.4 Å². The summed E-state index contributed by atoms with van der Waals surface area (Å²) in [5, 5.41) is 3.41. The minimum atomic E-state index is -3.23. The van der Waals surface area contributed by atoms with Crippen molar-refractivity contribution in [3.63, 3.8) is 0 Å². The topological polar surface area (TPSA) is 93.7 Å². The number of hydrogen-bond acceptors (Lipinski definition) is 6. The molecule has 0 aromatic heterocycles. The van der Waals surface area contributed by atoms with Crippen LogP contribution < -0.4 is 14.8 Å². The molecule has 2 aliphatic rings. The Morgan fingerprint density at radius 1 is 1.19 bits per heavy atom. The number of sulfonamides is 1. The number of benzene rings is 1. The third-order valence-corrected chi connectivity index (χ3v) is 7.06. The highest BCUT2D eigenvalue weighted by Gasteiger charge is 2.30. The van der Waals surface area contributed by atoms with E-state index in [2.05, 4.69) is 16.1 Å². The first-order chi connectivity index (χ1) is 14.9. The molecule has 0 bridgehead atoms. The molecule has 0 radical (unpaired) electrons. The Morgan fingerprint density at radius 3 is 2.61 bits per heavy atom. The molecule has 1 aromatic carbocycles. The first-order valence-corrected chi connectivity index (χ1v) is 13.3. The van der Waals surface area contributed by atoms with Crippen LogP contribution in [0, 0.1) is 0 Å². The maximum atomic E-state index is 11.6. The monoisotopic (exact) mass is 452 g/mol. The van der Waals surface area contributed by atoms with Crippen molar-refractivity contribution >= 4 is 16.3 Å². The fourth-order valence-corrected chi connectivity index (χ4v) is 5.45. The summed E-state index contributed by atoms with van der Waals surface area (Å²) >= 11 is 0. The Kier molecular flexibility index (Phi) is 8.89. The molecule has 2 N–H and O–H groups in total. The van der Waals surface area contributed by atoms with Gasteiger partial charge in [-0.05, 0) is 69.0 Å². The van der Waals surface area contributed by atoms with Crippen LogP contribution in [0.2, 0.25) is 0 Å². The summed E-state index contributed by atoms with van der Waals surface area (Å²) in [4.78, 5) is 11.2. The van der Waals surface area contributed by atoms with E-state index in [0.29, 0.717) is 18.9 Å². The molecule has 1 aromatic rings. The van der Waals surface area contributed by atoms with Crippen molar-refractivity contribution in [2.45, 2.75) is 82.1 Å². The summed E-state index contributed by atoms with van der Waals surface area (Å²) in [5.41, 5.74) is 1.17. The molecule has 0 amide bonds. The van der Waals surface area contributed by atoms with Gasteiger partial charge in [0, 0.05) is 12.1 Å². The molecule has 1 aliphatic carbocycles.